The van der Waals surface area contributed by atoms with Gasteiger partial charge in [0, 0.05) is 0 Å². The molecule has 0 bridgehead atoms. The molecule has 6 heteroatoms. The molecular formula is C13H17ClN4O. The lowest BCUT2D eigenvalue weighted by Crippen LogP contribution is -2.20. The number of aromatic nitrogens is 4. The van der Waals surface area contributed by atoms with Crippen LogP contribution in [-0.2, 0) is 0 Å². The predicted molar refractivity (Wildman–Crippen MR) is 73.3 cm³/mol. The van der Waals surface area contributed by atoms with E-state index in [1.165, 1.54) is 25.7 Å². The summed E-state index contributed by atoms with van der Waals surface area (Å²) in [5, 5.41) is 0.173. The van der Waals surface area contributed by atoms with Crippen molar-refractivity contribution in [2.75, 3.05) is 6.61 Å². The lowest BCUT2D eigenvalue weighted by atomic mass is 9.83. The summed E-state index contributed by atoms with van der Waals surface area (Å²) >= 11 is 5.87. The van der Waals surface area contributed by atoms with Crippen molar-refractivity contribution in [2.24, 2.45) is 11.8 Å². The molecule has 1 saturated carbocycles. The average Bonchev–Trinajstić information content (AvgIpc) is 2.84. The monoisotopic (exact) mass is 280 g/mol. The van der Waals surface area contributed by atoms with Crippen LogP contribution in [0.5, 0.6) is 5.88 Å². The molecule has 5 nitrogen and oxygen atoms in total. The molecule has 2 aromatic heterocycles. The van der Waals surface area contributed by atoms with Gasteiger partial charge in [0.2, 0.25) is 11.2 Å². The zero-order valence-electron chi connectivity index (χ0n) is 10.9. The van der Waals surface area contributed by atoms with Gasteiger partial charge in [-0.25, -0.2) is 4.98 Å². The third-order valence-electron chi connectivity index (χ3n) is 3.73. The molecule has 0 amide bonds. The fourth-order valence-corrected chi connectivity index (χ4v) is 2.95. The van der Waals surface area contributed by atoms with E-state index in [-0.39, 0.29) is 5.28 Å². The van der Waals surface area contributed by atoms with Crippen molar-refractivity contribution < 1.29 is 4.74 Å². The molecule has 0 saturated heterocycles. The van der Waals surface area contributed by atoms with Crippen molar-refractivity contribution in [3.8, 4) is 5.88 Å². The quantitative estimate of drug-likeness (QED) is 0.877. The highest BCUT2D eigenvalue weighted by atomic mass is 35.5. The summed E-state index contributed by atoms with van der Waals surface area (Å²) in [6.07, 6.45) is 6.66. The van der Waals surface area contributed by atoms with E-state index >= 15 is 0 Å². The molecule has 3 rings (SSSR count). The van der Waals surface area contributed by atoms with E-state index in [2.05, 4.69) is 26.9 Å². The molecule has 1 fully saturated rings. The number of hydrogen-bond acceptors (Lipinski definition) is 4. The van der Waals surface area contributed by atoms with Gasteiger partial charge in [-0.15, -0.1) is 0 Å². The van der Waals surface area contributed by atoms with Crippen LogP contribution in [-0.4, -0.2) is 26.5 Å². The Kier molecular flexibility index (Phi) is 3.55. The maximum Gasteiger partial charge on any atom is 0.244 e. The zero-order chi connectivity index (χ0) is 13.2. The van der Waals surface area contributed by atoms with Gasteiger partial charge >= 0.3 is 0 Å². The van der Waals surface area contributed by atoms with Gasteiger partial charge in [0.25, 0.3) is 0 Å². The second-order valence-corrected chi connectivity index (χ2v) is 5.69. The lowest BCUT2D eigenvalue weighted by Gasteiger charge is -2.26. The second kappa shape index (κ2) is 5.33. The van der Waals surface area contributed by atoms with E-state index < -0.39 is 0 Å². The summed E-state index contributed by atoms with van der Waals surface area (Å²) in [5.41, 5.74) is 1.26. The number of ether oxygens (including phenoxy) is 1. The Morgan fingerprint density at radius 1 is 1.42 bits per heavy atom. The van der Waals surface area contributed by atoms with E-state index in [4.69, 9.17) is 16.3 Å². The van der Waals surface area contributed by atoms with Crippen LogP contribution >= 0.6 is 11.6 Å². The third kappa shape index (κ3) is 2.81. The minimum Gasteiger partial charge on any atom is -0.476 e. The predicted octanol–water partition coefficient (Wildman–Crippen LogP) is 3.21. The van der Waals surface area contributed by atoms with Gasteiger partial charge in [0.05, 0.1) is 12.9 Å². The van der Waals surface area contributed by atoms with Crippen molar-refractivity contribution in [1.29, 1.82) is 0 Å². The number of imidazole rings is 1. The topological polar surface area (TPSA) is 63.7 Å². The molecule has 2 atom stereocenters. The highest BCUT2D eigenvalue weighted by Crippen LogP contribution is 2.29. The Morgan fingerprint density at radius 2 is 2.32 bits per heavy atom. The van der Waals surface area contributed by atoms with Crippen LogP contribution in [0.3, 0.4) is 0 Å². The van der Waals surface area contributed by atoms with Gasteiger partial charge in [-0.05, 0) is 36.3 Å². The Bertz CT molecular complexity index is 571. The van der Waals surface area contributed by atoms with Crippen LogP contribution in [0.4, 0.5) is 0 Å². The van der Waals surface area contributed by atoms with E-state index in [0.29, 0.717) is 29.6 Å². The smallest absolute Gasteiger partial charge is 0.244 e. The first kappa shape index (κ1) is 12.7. The number of nitrogens with zero attached hydrogens (tertiary/aromatic N) is 3. The Labute approximate surface area is 116 Å². The van der Waals surface area contributed by atoms with Gasteiger partial charge in [0.15, 0.2) is 5.65 Å². The molecule has 1 aliphatic carbocycles. The SMILES string of the molecule is CC1CCCC(COc2nc(Cl)nc3nc[nH]c23)C1. The van der Waals surface area contributed by atoms with E-state index in [1.807, 2.05) is 0 Å². The number of nitrogens with one attached hydrogen (secondary N) is 1. The minimum atomic E-state index is 0.173. The molecule has 0 radical (unpaired) electrons. The standard InChI is InChI=1S/C13H17ClN4O/c1-8-3-2-4-9(5-8)6-19-12-10-11(16-7-15-10)17-13(14)18-12/h7-9H,2-6H2,1H3,(H,15,16,17,18). The zero-order valence-corrected chi connectivity index (χ0v) is 11.7. The molecule has 2 heterocycles. The number of hydrogen-bond donors (Lipinski definition) is 1. The normalized spacial score (nSPS) is 23.7. The molecule has 0 spiro atoms. The molecule has 1 aliphatic rings. The lowest BCUT2D eigenvalue weighted by molar-refractivity contribution is 0.179. The molecule has 0 aromatic carbocycles. The average molecular weight is 281 g/mol. The van der Waals surface area contributed by atoms with Crippen LogP contribution in [0, 0.1) is 11.8 Å². The minimum absolute atomic E-state index is 0.173. The van der Waals surface area contributed by atoms with Crippen LogP contribution in [0.2, 0.25) is 5.28 Å². The first-order chi connectivity index (χ1) is 9.22. The number of rotatable bonds is 3. The highest BCUT2D eigenvalue weighted by molar-refractivity contribution is 6.28. The van der Waals surface area contributed by atoms with Crippen LogP contribution < -0.4 is 4.74 Å². The fraction of sp³-hybridized carbons (Fsp3) is 0.615. The Morgan fingerprint density at radius 3 is 3.16 bits per heavy atom. The molecule has 1 N–H and O–H groups in total. The summed E-state index contributed by atoms with van der Waals surface area (Å²) in [4.78, 5) is 15.2. The van der Waals surface area contributed by atoms with Gasteiger partial charge < -0.3 is 9.72 Å². The van der Waals surface area contributed by atoms with Gasteiger partial charge in [-0.2, -0.15) is 9.97 Å². The number of aromatic amines is 1. The Balaban J connectivity index is 1.72. The van der Waals surface area contributed by atoms with Gasteiger partial charge in [-0.1, -0.05) is 19.8 Å². The first-order valence-corrected chi connectivity index (χ1v) is 7.09. The first-order valence-electron chi connectivity index (χ1n) is 6.72. The third-order valence-corrected chi connectivity index (χ3v) is 3.89. The summed E-state index contributed by atoms with van der Waals surface area (Å²) in [5.74, 6) is 1.91. The van der Waals surface area contributed by atoms with Crippen molar-refractivity contribution >= 4 is 22.8 Å². The molecule has 2 aromatic rings. The van der Waals surface area contributed by atoms with Crippen molar-refractivity contribution in [3.63, 3.8) is 0 Å². The molecule has 2 unspecified atom stereocenters. The fourth-order valence-electron chi connectivity index (χ4n) is 2.79. The van der Waals surface area contributed by atoms with E-state index in [0.717, 1.165) is 5.92 Å². The highest BCUT2D eigenvalue weighted by Gasteiger charge is 2.20. The summed E-state index contributed by atoms with van der Waals surface area (Å²) in [6.45, 7) is 2.99. The van der Waals surface area contributed by atoms with Crippen LogP contribution in [0.25, 0.3) is 11.2 Å². The molecule has 102 valence electrons. The van der Waals surface area contributed by atoms with E-state index in [1.54, 1.807) is 6.33 Å². The largest absolute Gasteiger partial charge is 0.476 e. The maximum absolute atomic E-state index is 5.87. The summed E-state index contributed by atoms with van der Waals surface area (Å²) < 4.78 is 5.84. The summed E-state index contributed by atoms with van der Waals surface area (Å²) in [6, 6.07) is 0. The molecule has 0 aliphatic heterocycles. The van der Waals surface area contributed by atoms with Crippen LogP contribution in [0.1, 0.15) is 32.6 Å². The van der Waals surface area contributed by atoms with Crippen molar-refractivity contribution in [2.45, 2.75) is 32.6 Å². The van der Waals surface area contributed by atoms with Gasteiger partial charge in [0.1, 0.15) is 5.52 Å². The second-order valence-electron chi connectivity index (χ2n) is 5.35. The Hall–Kier alpha value is -1.36. The number of H-pyrrole nitrogens is 1. The van der Waals surface area contributed by atoms with Gasteiger partial charge in [-0.3, -0.25) is 0 Å². The van der Waals surface area contributed by atoms with Crippen molar-refractivity contribution in [3.05, 3.63) is 11.6 Å². The number of fused-ring (bicyclic) bond motifs is 1. The van der Waals surface area contributed by atoms with E-state index in [9.17, 15) is 0 Å². The van der Waals surface area contributed by atoms with Crippen molar-refractivity contribution in [1.82, 2.24) is 19.9 Å². The maximum atomic E-state index is 5.87. The van der Waals surface area contributed by atoms with Crippen LogP contribution in [0.15, 0.2) is 6.33 Å². The summed E-state index contributed by atoms with van der Waals surface area (Å²) in [7, 11) is 0. The molecule has 19 heavy (non-hydrogen) atoms. The molecular weight excluding hydrogens is 264 g/mol. The number of halogens is 1.